The second-order valence-electron chi connectivity index (χ2n) is 5.87. The molecule has 5 heteroatoms. The molecule has 0 aliphatic heterocycles. The monoisotopic (exact) mass is 317 g/mol. The number of nitrogens with one attached hydrogen (secondary N) is 1. The number of aromatic nitrogens is 1. The van der Waals surface area contributed by atoms with Crippen molar-refractivity contribution in [3.05, 3.63) is 51.5 Å². The van der Waals surface area contributed by atoms with Crippen LogP contribution in [0.2, 0.25) is 0 Å². The summed E-state index contributed by atoms with van der Waals surface area (Å²) >= 11 is 1.41. The molecule has 1 amide bonds. The summed E-state index contributed by atoms with van der Waals surface area (Å²) in [5, 5.41) is 5.49. The van der Waals surface area contributed by atoms with E-state index in [9.17, 15) is 4.79 Å². The Morgan fingerprint density at radius 3 is 2.50 bits per heavy atom. The SMILES string of the molecule is CC(C)Cc1ccc(C(C)NC(=O)c2csc(CN)n2)cc1. The van der Waals surface area contributed by atoms with Gasteiger partial charge in [0.1, 0.15) is 10.7 Å². The Kier molecular flexibility index (Phi) is 5.69. The number of thiazole rings is 1. The molecule has 0 aliphatic carbocycles. The van der Waals surface area contributed by atoms with Crippen molar-refractivity contribution in [3.8, 4) is 0 Å². The van der Waals surface area contributed by atoms with Crippen molar-refractivity contribution in [2.75, 3.05) is 0 Å². The highest BCUT2D eigenvalue weighted by Crippen LogP contribution is 2.17. The molecule has 1 unspecified atom stereocenters. The van der Waals surface area contributed by atoms with E-state index in [4.69, 9.17) is 5.73 Å². The third-order valence-corrected chi connectivity index (χ3v) is 4.30. The van der Waals surface area contributed by atoms with Gasteiger partial charge in [0.15, 0.2) is 0 Å². The minimum absolute atomic E-state index is 0.0522. The van der Waals surface area contributed by atoms with Gasteiger partial charge in [0.2, 0.25) is 0 Å². The molecule has 118 valence electrons. The summed E-state index contributed by atoms with van der Waals surface area (Å²) in [6.07, 6.45) is 1.07. The number of hydrogen-bond acceptors (Lipinski definition) is 4. The fourth-order valence-corrected chi connectivity index (χ4v) is 2.93. The topological polar surface area (TPSA) is 68.0 Å². The van der Waals surface area contributed by atoms with E-state index in [0.717, 1.165) is 17.0 Å². The van der Waals surface area contributed by atoms with Crippen LogP contribution in [-0.2, 0) is 13.0 Å². The quantitative estimate of drug-likeness (QED) is 0.859. The summed E-state index contributed by atoms with van der Waals surface area (Å²) in [7, 11) is 0. The summed E-state index contributed by atoms with van der Waals surface area (Å²) in [5.41, 5.74) is 8.38. The Hall–Kier alpha value is -1.72. The number of rotatable bonds is 6. The van der Waals surface area contributed by atoms with Crippen LogP contribution in [0, 0.1) is 5.92 Å². The van der Waals surface area contributed by atoms with Crippen LogP contribution in [0.15, 0.2) is 29.6 Å². The van der Waals surface area contributed by atoms with E-state index in [1.807, 2.05) is 6.92 Å². The zero-order chi connectivity index (χ0) is 16.1. The number of hydrogen-bond donors (Lipinski definition) is 2. The first-order valence-electron chi connectivity index (χ1n) is 7.53. The Bertz CT molecular complexity index is 619. The minimum atomic E-state index is -0.158. The van der Waals surface area contributed by atoms with Gasteiger partial charge in [-0.05, 0) is 30.4 Å². The van der Waals surface area contributed by atoms with Crippen molar-refractivity contribution in [1.29, 1.82) is 0 Å². The second kappa shape index (κ2) is 7.51. The van der Waals surface area contributed by atoms with Crippen molar-refractivity contribution in [2.24, 2.45) is 11.7 Å². The number of nitrogens with two attached hydrogens (primary N) is 1. The normalized spacial score (nSPS) is 12.4. The van der Waals surface area contributed by atoms with E-state index in [-0.39, 0.29) is 11.9 Å². The molecule has 0 saturated heterocycles. The summed E-state index contributed by atoms with van der Waals surface area (Å²) in [4.78, 5) is 16.4. The van der Waals surface area contributed by atoms with E-state index < -0.39 is 0 Å². The largest absolute Gasteiger partial charge is 0.344 e. The molecule has 3 N–H and O–H groups in total. The van der Waals surface area contributed by atoms with Crippen LogP contribution in [0.5, 0.6) is 0 Å². The van der Waals surface area contributed by atoms with Gasteiger partial charge < -0.3 is 11.1 Å². The lowest BCUT2D eigenvalue weighted by atomic mass is 10.00. The average molecular weight is 317 g/mol. The molecule has 0 spiro atoms. The van der Waals surface area contributed by atoms with Crippen LogP contribution in [0.1, 0.15) is 53.4 Å². The van der Waals surface area contributed by atoms with Crippen LogP contribution in [-0.4, -0.2) is 10.9 Å². The van der Waals surface area contributed by atoms with Gasteiger partial charge in [-0.3, -0.25) is 4.79 Å². The third kappa shape index (κ3) is 4.39. The van der Waals surface area contributed by atoms with E-state index in [0.29, 0.717) is 18.2 Å². The summed E-state index contributed by atoms with van der Waals surface area (Å²) in [6.45, 7) is 6.76. The molecular weight excluding hydrogens is 294 g/mol. The molecular formula is C17H23N3OS. The lowest BCUT2D eigenvalue weighted by Crippen LogP contribution is -2.27. The Morgan fingerprint density at radius 1 is 1.27 bits per heavy atom. The molecule has 0 aliphatic rings. The van der Waals surface area contributed by atoms with Crippen LogP contribution in [0.3, 0.4) is 0 Å². The molecule has 1 aromatic carbocycles. The van der Waals surface area contributed by atoms with Gasteiger partial charge in [0.25, 0.3) is 5.91 Å². The number of benzene rings is 1. The molecule has 1 atom stereocenters. The number of nitrogens with zero attached hydrogens (tertiary/aromatic N) is 1. The van der Waals surface area contributed by atoms with Gasteiger partial charge in [-0.15, -0.1) is 11.3 Å². The Balaban J connectivity index is 1.99. The molecule has 1 aromatic heterocycles. The molecule has 4 nitrogen and oxygen atoms in total. The van der Waals surface area contributed by atoms with Crippen molar-refractivity contribution in [3.63, 3.8) is 0 Å². The minimum Gasteiger partial charge on any atom is -0.344 e. The molecule has 2 rings (SSSR count). The van der Waals surface area contributed by atoms with Crippen molar-refractivity contribution in [2.45, 2.75) is 39.8 Å². The number of carbonyl (C=O) groups is 1. The highest BCUT2D eigenvalue weighted by Gasteiger charge is 2.14. The van der Waals surface area contributed by atoms with Crippen molar-refractivity contribution < 1.29 is 4.79 Å². The molecule has 22 heavy (non-hydrogen) atoms. The van der Waals surface area contributed by atoms with E-state index in [1.54, 1.807) is 5.38 Å². The van der Waals surface area contributed by atoms with E-state index in [1.165, 1.54) is 16.9 Å². The zero-order valence-electron chi connectivity index (χ0n) is 13.3. The maximum atomic E-state index is 12.2. The highest BCUT2D eigenvalue weighted by atomic mass is 32.1. The van der Waals surface area contributed by atoms with Crippen LogP contribution < -0.4 is 11.1 Å². The first-order valence-corrected chi connectivity index (χ1v) is 8.41. The molecule has 0 radical (unpaired) electrons. The predicted molar refractivity (Wildman–Crippen MR) is 90.9 cm³/mol. The van der Waals surface area contributed by atoms with Gasteiger partial charge in [-0.1, -0.05) is 38.1 Å². The van der Waals surface area contributed by atoms with E-state index >= 15 is 0 Å². The fourth-order valence-electron chi connectivity index (χ4n) is 2.28. The molecule has 0 saturated carbocycles. The zero-order valence-corrected chi connectivity index (χ0v) is 14.1. The maximum Gasteiger partial charge on any atom is 0.271 e. The Labute approximate surface area is 135 Å². The van der Waals surface area contributed by atoms with Gasteiger partial charge in [0.05, 0.1) is 6.04 Å². The lowest BCUT2D eigenvalue weighted by Gasteiger charge is -2.14. The van der Waals surface area contributed by atoms with Crippen LogP contribution >= 0.6 is 11.3 Å². The van der Waals surface area contributed by atoms with Gasteiger partial charge in [-0.25, -0.2) is 4.98 Å². The maximum absolute atomic E-state index is 12.2. The summed E-state index contributed by atoms with van der Waals surface area (Å²) in [6, 6.07) is 8.37. The standard InChI is InChI=1S/C17H23N3OS/c1-11(2)8-13-4-6-14(7-5-13)12(3)19-17(21)15-10-22-16(9-18)20-15/h4-7,10-12H,8-9,18H2,1-3H3,(H,19,21). The average Bonchev–Trinajstić information content (AvgIpc) is 2.96. The molecule has 0 bridgehead atoms. The van der Waals surface area contributed by atoms with Crippen LogP contribution in [0.4, 0.5) is 0 Å². The Morgan fingerprint density at radius 2 is 1.95 bits per heavy atom. The van der Waals surface area contributed by atoms with E-state index in [2.05, 4.69) is 48.4 Å². The van der Waals surface area contributed by atoms with Gasteiger partial charge >= 0.3 is 0 Å². The second-order valence-corrected chi connectivity index (χ2v) is 6.81. The van der Waals surface area contributed by atoms with Gasteiger partial charge in [0, 0.05) is 11.9 Å². The molecule has 2 aromatic rings. The summed E-state index contributed by atoms with van der Waals surface area (Å²) < 4.78 is 0. The van der Waals surface area contributed by atoms with Crippen molar-refractivity contribution >= 4 is 17.2 Å². The fraction of sp³-hybridized carbons (Fsp3) is 0.412. The molecule has 0 fully saturated rings. The first kappa shape index (κ1) is 16.6. The number of amides is 1. The predicted octanol–water partition coefficient (Wildman–Crippen LogP) is 3.29. The third-order valence-electron chi connectivity index (χ3n) is 3.43. The number of carbonyl (C=O) groups excluding carboxylic acids is 1. The first-order chi connectivity index (χ1) is 10.5. The summed E-state index contributed by atoms with van der Waals surface area (Å²) in [5.74, 6) is 0.485. The molecule has 1 heterocycles. The van der Waals surface area contributed by atoms with Crippen molar-refractivity contribution in [1.82, 2.24) is 10.3 Å². The highest BCUT2D eigenvalue weighted by molar-refractivity contribution is 7.09. The smallest absolute Gasteiger partial charge is 0.271 e. The van der Waals surface area contributed by atoms with Gasteiger partial charge in [-0.2, -0.15) is 0 Å². The van der Waals surface area contributed by atoms with Crippen LogP contribution in [0.25, 0.3) is 0 Å². The lowest BCUT2D eigenvalue weighted by molar-refractivity contribution is 0.0935.